The van der Waals surface area contributed by atoms with Gasteiger partial charge in [-0.05, 0) is 26.2 Å². The summed E-state index contributed by atoms with van der Waals surface area (Å²) in [5.74, 6) is -0.248. The molecule has 1 saturated heterocycles. The molecular weight excluding hydrogens is 258 g/mol. The van der Waals surface area contributed by atoms with Crippen LogP contribution in [0.4, 0.5) is 0 Å². The van der Waals surface area contributed by atoms with E-state index >= 15 is 0 Å². The molecule has 0 spiro atoms. The van der Waals surface area contributed by atoms with Crippen LogP contribution in [-0.2, 0) is 14.8 Å². The number of amidine groups is 1. The summed E-state index contributed by atoms with van der Waals surface area (Å²) in [5, 5.41) is 11.6. The topological polar surface area (TPSA) is 114 Å². The molecule has 0 aromatic rings. The molecule has 2 atom stereocenters. The molecule has 18 heavy (non-hydrogen) atoms. The fraction of sp³-hybridized carbons (Fsp3) is 0.900. The van der Waals surface area contributed by atoms with Crippen molar-refractivity contribution in [2.24, 2.45) is 10.9 Å². The number of nitrogens with one attached hydrogen (secondary N) is 1. The van der Waals surface area contributed by atoms with Gasteiger partial charge in [0, 0.05) is 6.61 Å². The maximum atomic E-state index is 12.0. The van der Waals surface area contributed by atoms with Gasteiger partial charge in [0.2, 0.25) is 10.0 Å². The molecule has 7 nitrogen and oxygen atoms in total. The minimum Gasteiger partial charge on any atom is -0.409 e. The molecule has 1 fully saturated rings. The second-order valence-corrected chi connectivity index (χ2v) is 6.46. The average molecular weight is 279 g/mol. The Labute approximate surface area is 107 Å². The molecule has 1 aliphatic heterocycles. The molecule has 2 unspecified atom stereocenters. The number of nitrogens with zero attached hydrogens (tertiary/aromatic N) is 1. The van der Waals surface area contributed by atoms with Gasteiger partial charge in [0.25, 0.3) is 0 Å². The summed E-state index contributed by atoms with van der Waals surface area (Å²) in [7, 11) is -3.54. The van der Waals surface area contributed by atoms with Crippen LogP contribution in [0, 0.1) is 0 Å². The van der Waals surface area contributed by atoms with E-state index in [0.29, 0.717) is 13.0 Å². The maximum Gasteiger partial charge on any atom is 0.215 e. The van der Waals surface area contributed by atoms with Crippen molar-refractivity contribution in [2.45, 2.75) is 44.8 Å². The van der Waals surface area contributed by atoms with Crippen LogP contribution in [0.25, 0.3) is 0 Å². The Morgan fingerprint density at radius 2 is 2.33 bits per heavy atom. The highest BCUT2D eigenvalue weighted by atomic mass is 32.2. The van der Waals surface area contributed by atoms with Crippen molar-refractivity contribution in [3.63, 3.8) is 0 Å². The summed E-state index contributed by atoms with van der Waals surface area (Å²) in [4.78, 5) is 0. The second-order valence-electron chi connectivity index (χ2n) is 4.69. The maximum absolute atomic E-state index is 12.0. The fourth-order valence-electron chi connectivity index (χ4n) is 1.82. The molecule has 0 radical (unpaired) electrons. The lowest BCUT2D eigenvalue weighted by Crippen LogP contribution is -2.56. The predicted octanol–water partition coefficient (Wildman–Crippen LogP) is -0.0001000. The molecule has 8 heteroatoms. The molecule has 4 N–H and O–H groups in total. The van der Waals surface area contributed by atoms with Crippen molar-refractivity contribution in [3.8, 4) is 0 Å². The third-order valence-electron chi connectivity index (χ3n) is 3.19. The molecule has 0 bridgehead atoms. The van der Waals surface area contributed by atoms with Crippen LogP contribution >= 0.6 is 0 Å². The summed E-state index contributed by atoms with van der Waals surface area (Å²) < 4.78 is 31.8. The first-order chi connectivity index (χ1) is 8.33. The van der Waals surface area contributed by atoms with Crippen molar-refractivity contribution in [1.82, 2.24) is 4.72 Å². The fourth-order valence-corrected chi connectivity index (χ4v) is 3.59. The molecule has 0 amide bonds. The lowest BCUT2D eigenvalue weighted by Gasteiger charge is -2.28. The largest absolute Gasteiger partial charge is 0.409 e. The van der Waals surface area contributed by atoms with Gasteiger partial charge in [-0.25, -0.2) is 13.1 Å². The number of oxime groups is 1. The standard InChI is InChI=1S/C10H21N3O4S/c1-3-10(2,9(11)12-14)13-18(15,16)7-8-5-4-6-17-8/h8,13-14H,3-7H2,1-2H3,(H2,11,12). The molecule has 106 valence electrons. The van der Waals surface area contributed by atoms with E-state index in [1.54, 1.807) is 13.8 Å². The van der Waals surface area contributed by atoms with E-state index in [9.17, 15) is 8.42 Å². The minimum atomic E-state index is -3.54. The second kappa shape index (κ2) is 5.85. The smallest absolute Gasteiger partial charge is 0.215 e. The predicted molar refractivity (Wildman–Crippen MR) is 68.0 cm³/mol. The number of sulfonamides is 1. The number of ether oxygens (including phenoxy) is 1. The first-order valence-corrected chi connectivity index (χ1v) is 7.59. The van der Waals surface area contributed by atoms with E-state index in [4.69, 9.17) is 15.7 Å². The van der Waals surface area contributed by atoms with Gasteiger partial charge in [-0.3, -0.25) is 0 Å². The number of nitrogens with two attached hydrogens (primary N) is 1. The van der Waals surface area contributed by atoms with Crippen LogP contribution in [0.2, 0.25) is 0 Å². The minimum absolute atomic E-state index is 0.0959. The van der Waals surface area contributed by atoms with Crippen LogP contribution < -0.4 is 10.5 Å². The summed E-state index contributed by atoms with van der Waals surface area (Å²) in [5.41, 5.74) is 4.44. The van der Waals surface area contributed by atoms with Crippen molar-refractivity contribution in [2.75, 3.05) is 12.4 Å². The van der Waals surface area contributed by atoms with E-state index in [0.717, 1.165) is 12.8 Å². The average Bonchev–Trinajstić information content (AvgIpc) is 2.78. The molecule has 1 aliphatic rings. The zero-order valence-electron chi connectivity index (χ0n) is 10.7. The molecule has 0 saturated carbocycles. The molecule has 0 aliphatic carbocycles. The number of hydrogen-bond acceptors (Lipinski definition) is 5. The van der Waals surface area contributed by atoms with Gasteiger partial charge in [0.05, 0.1) is 17.4 Å². The first-order valence-electron chi connectivity index (χ1n) is 5.94. The van der Waals surface area contributed by atoms with Gasteiger partial charge in [-0.1, -0.05) is 12.1 Å². The van der Waals surface area contributed by atoms with Gasteiger partial charge in [-0.2, -0.15) is 0 Å². The highest BCUT2D eigenvalue weighted by Crippen LogP contribution is 2.16. The summed E-state index contributed by atoms with van der Waals surface area (Å²) in [6, 6.07) is 0. The van der Waals surface area contributed by atoms with Gasteiger partial charge < -0.3 is 15.7 Å². The zero-order chi connectivity index (χ0) is 13.8. The monoisotopic (exact) mass is 279 g/mol. The Bertz CT molecular complexity index is 403. The normalized spacial score (nSPS) is 25.0. The lowest BCUT2D eigenvalue weighted by molar-refractivity contribution is 0.127. The molecule has 0 aromatic heterocycles. The Balaban J connectivity index is 2.73. The van der Waals surface area contributed by atoms with Gasteiger partial charge in [0.15, 0.2) is 5.84 Å². The van der Waals surface area contributed by atoms with Crippen LogP contribution in [0.5, 0.6) is 0 Å². The summed E-state index contributed by atoms with van der Waals surface area (Å²) in [6.45, 7) is 3.94. The van der Waals surface area contributed by atoms with E-state index < -0.39 is 15.6 Å². The molecule has 1 rings (SSSR count). The van der Waals surface area contributed by atoms with Crippen molar-refractivity contribution < 1.29 is 18.4 Å². The number of rotatable bonds is 6. The lowest BCUT2D eigenvalue weighted by atomic mass is 10.00. The van der Waals surface area contributed by atoms with Gasteiger partial charge in [0.1, 0.15) is 0 Å². The van der Waals surface area contributed by atoms with Crippen LogP contribution in [0.3, 0.4) is 0 Å². The van der Waals surface area contributed by atoms with E-state index in [2.05, 4.69) is 9.88 Å². The van der Waals surface area contributed by atoms with Crippen molar-refractivity contribution in [1.29, 1.82) is 0 Å². The molecular formula is C10H21N3O4S. The third-order valence-corrected chi connectivity index (χ3v) is 4.76. The van der Waals surface area contributed by atoms with Crippen molar-refractivity contribution in [3.05, 3.63) is 0 Å². The highest BCUT2D eigenvalue weighted by molar-refractivity contribution is 7.89. The van der Waals surface area contributed by atoms with E-state index in [1.165, 1.54) is 0 Å². The van der Waals surface area contributed by atoms with Crippen LogP contribution in [0.1, 0.15) is 33.1 Å². The quantitative estimate of drug-likeness (QED) is 0.274. The van der Waals surface area contributed by atoms with Gasteiger partial charge in [-0.15, -0.1) is 0 Å². The third kappa shape index (κ3) is 3.82. The number of hydrogen-bond donors (Lipinski definition) is 3. The Morgan fingerprint density at radius 1 is 1.67 bits per heavy atom. The summed E-state index contributed by atoms with van der Waals surface area (Å²) in [6.07, 6.45) is 1.74. The highest BCUT2D eigenvalue weighted by Gasteiger charge is 2.34. The van der Waals surface area contributed by atoms with E-state index in [-0.39, 0.29) is 17.7 Å². The van der Waals surface area contributed by atoms with Crippen LogP contribution in [0.15, 0.2) is 5.16 Å². The van der Waals surface area contributed by atoms with Crippen molar-refractivity contribution >= 4 is 15.9 Å². The Morgan fingerprint density at radius 3 is 2.78 bits per heavy atom. The SMILES string of the molecule is CCC(C)(NS(=O)(=O)CC1CCCO1)C(N)=NO. The molecule has 1 heterocycles. The van der Waals surface area contributed by atoms with Crippen LogP contribution in [-0.4, -0.2) is 43.5 Å². The zero-order valence-corrected chi connectivity index (χ0v) is 11.5. The Hall–Kier alpha value is -0.860. The first kappa shape index (κ1) is 15.2. The Kier molecular flexibility index (Phi) is 4.94. The summed E-state index contributed by atoms with van der Waals surface area (Å²) >= 11 is 0. The van der Waals surface area contributed by atoms with Gasteiger partial charge >= 0.3 is 0 Å². The van der Waals surface area contributed by atoms with E-state index in [1.807, 2.05) is 0 Å². The molecule has 0 aromatic carbocycles.